The topological polar surface area (TPSA) is 44.2 Å². The third-order valence-corrected chi connectivity index (χ3v) is 5.46. The zero-order chi connectivity index (χ0) is 20.5. The van der Waals surface area contributed by atoms with Crippen LogP contribution in [0.4, 0.5) is 0 Å². The summed E-state index contributed by atoms with van der Waals surface area (Å²) >= 11 is 0. The van der Waals surface area contributed by atoms with E-state index in [1.54, 1.807) is 14.2 Å². The van der Waals surface area contributed by atoms with Gasteiger partial charge >= 0.3 is 0 Å². The Labute approximate surface area is 174 Å². The van der Waals surface area contributed by atoms with Crippen LogP contribution >= 0.6 is 0 Å². The zero-order valence-corrected chi connectivity index (χ0v) is 16.8. The minimum Gasteiger partial charge on any atom is -0.492 e. The third-order valence-electron chi connectivity index (χ3n) is 5.46. The van der Waals surface area contributed by atoms with Crippen LogP contribution in [-0.4, -0.2) is 24.2 Å². The summed E-state index contributed by atoms with van der Waals surface area (Å²) in [5, 5.41) is 4.28. The maximum absolute atomic E-state index is 5.77. The van der Waals surface area contributed by atoms with Crippen LogP contribution in [0.1, 0.15) is 0 Å². The van der Waals surface area contributed by atoms with E-state index in [1.165, 1.54) is 0 Å². The fraction of sp³-hybridized carbons (Fsp3) is 0.0769. The van der Waals surface area contributed by atoms with Gasteiger partial charge in [0.05, 0.1) is 14.2 Å². The Morgan fingerprint density at radius 1 is 0.467 bits per heavy atom. The van der Waals surface area contributed by atoms with E-state index in [2.05, 4.69) is 46.4 Å². The van der Waals surface area contributed by atoms with E-state index >= 15 is 0 Å². The zero-order valence-electron chi connectivity index (χ0n) is 16.8. The molecule has 0 aliphatic rings. The first kappa shape index (κ1) is 18.1. The van der Waals surface area contributed by atoms with Gasteiger partial charge in [-0.3, -0.25) is 9.97 Å². The molecule has 5 rings (SSSR count). The Hall–Kier alpha value is -3.92. The van der Waals surface area contributed by atoms with Gasteiger partial charge in [-0.05, 0) is 81.6 Å². The molecule has 2 heterocycles. The largest absolute Gasteiger partial charge is 0.492 e. The lowest BCUT2D eigenvalue weighted by molar-refractivity contribution is 0.362. The predicted molar refractivity (Wildman–Crippen MR) is 121 cm³/mol. The van der Waals surface area contributed by atoms with Crippen LogP contribution in [0.5, 0.6) is 11.5 Å². The average molecular weight is 392 g/mol. The van der Waals surface area contributed by atoms with E-state index in [0.717, 1.165) is 55.3 Å². The molecule has 0 N–H and O–H groups in total. The van der Waals surface area contributed by atoms with E-state index in [0.29, 0.717) is 0 Å². The van der Waals surface area contributed by atoms with Crippen LogP contribution in [-0.2, 0) is 0 Å². The third kappa shape index (κ3) is 2.94. The van der Waals surface area contributed by atoms with Crippen LogP contribution in [0.2, 0.25) is 0 Å². The molecule has 0 amide bonds. The number of hydrogen-bond acceptors (Lipinski definition) is 4. The van der Waals surface area contributed by atoms with Crippen molar-refractivity contribution in [2.45, 2.75) is 0 Å². The van der Waals surface area contributed by atoms with Crippen molar-refractivity contribution in [1.82, 2.24) is 9.97 Å². The highest BCUT2D eigenvalue weighted by molar-refractivity contribution is 6.15. The van der Waals surface area contributed by atoms with Crippen molar-refractivity contribution in [2.24, 2.45) is 0 Å². The van der Waals surface area contributed by atoms with Gasteiger partial charge in [-0.25, -0.2) is 0 Å². The van der Waals surface area contributed by atoms with Crippen LogP contribution in [0, 0.1) is 0 Å². The van der Waals surface area contributed by atoms with E-state index in [4.69, 9.17) is 9.47 Å². The summed E-state index contributed by atoms with van der Waals surface area (Å²) in [4.78, 5) is 8.27. The van der Waals surface area contributed by atoms with Crippen LogP contribution in [0.15, 0.2) is 85.5 Å². The molecule has 0 saturated carbocycles. The maximum Gasteiger partial charge on any atom is 0.169 e. The van der Waals surface area contributed by atoms with Crippen molar-refractivity contribution in [1.29, 1.82) is 0 Å². The SMILES string of the molecule is COc1c(OC)c2ccc(-c3ccncc3)cc2c2cc(-c3ccncc3)ccc12. The number of benzene rings is 3. The number of nitrogens with zero attached hydrogens (tertiary/aromatic N) is 2. The van der Waals surface area contributed by atoms with E-state index < -0.39 is 0 Å². The normalized spacial score (nSPS) is 11.0. The quantitative estimate of drug-likeness (QED) is 0.345. The van der Waals surface area contributed by atoms with Crippen molar-refractivity contribution >= 4 is 21.5 Å². The van der Waals surface area contributed by atoms with E-state index in [1.807, 2.05) is 49.1 Å². The summed E-state index contributed by atoms with van der Waals surface area (Å²) in [6.45, 7) is 0. The van der Waals surface area contributed by atoms with Crippen molar-refractivity contribution in [3.63, 3.8) is 0 Å². The molecule has 0 radical (unpaired) electrons. The first-order valence-electron chi connectivity index (χ1n) is 9.72. The molecule has 2 aromatic heterocycles. The molecule has 0 atom stereocenters. The highest BCUT2D eigenvalue weighted by Crippen LogP contribution is 2.45. The fourth-order valence-electron chi connectivity index (χ4n) is 4.03. The fourth-order valence-corrected chi connectivity index (χ4v) is 4.03. The molecule has 30 heavy (non-hydrogen) atoms. The maximum atomic E-state index is 5.77. The van der Waals surface area contributed by atoms with E-state index in [9.17, 15) is 0 Å². The summed E-state index contributed by atoms with van der Waals surface area (Å²) in [5.74, 6) is 1.50. The number of methoxy groups -OCH3 is 2. The lowest BCUT2D eigenvalue weighted by atomic mass is 9.94. The van der Waals surface area contributed by atoms with Gasteiger partial charge in [0.1, 0.15) is 0 Å². The number of ether oxygens (including phenoxy) is 2. The number of fused-ring (bicyclic) bond motifs is 3. The Morgan fingerprint density at radius 3 is 1.23 bits per heavy atom. The summed E-state index contributed by atoms with van der Waals surface area (Å²) < 4.78 is 11.5. The van der Waals surface area contributed by atoms with Crippen LogP contribution < -0.4 is 9.47 Å². The molecular formula is C26H20N2O2. The van der Waals surface area contributed by atoms with Crippen molar-refractivity contribution in [3.05, 3.63) is 85.5 Å². The molecule has 146 valence electrons. The second-order valence-corrected chi connectivity index (χ2v) is 7.06. The van der Waals surface area contributed by atoms with Gasteiger partial charge in [0.25, 0.3) is 0 Å². The minimum atomic E-state index is 0.748. The molecule has 5 aromatic rings. The lowest BCUT2D eigenvalue weighted by Gasteiger charge is -2.17. The van der Waals surface area contributed by atoms with Crippen molar-refractivity contribution in [3.8, 4) is 33.8 Å². The van der Waals surface area contributed by atoms with Gasteiger partial charge in [-0.15, -0.1) is 0 Å². The molecule has 0 aliphatic heterocycles. The molecule has 4 heteroatoms. The summed E-state index contributed by atoms with van der Waals surface area (Å²) in [6.07, 6.45) is 7.25. The molecule has 4 nitrogen and oxygen atoms in total. The van der Waals surface area contributed by atoms with Gasteiger partial charge in [0.15, 0.2) is 11.5 Å². The Morgan fingerprint density at radius 2 is 0.867 bits per heavy atom. The number of hydrogen-bond donors (Lipinski definition) is 0. The number of rotatable bonds is 4. The summed E-state index contributed by atoms with van der Waals surface area (Å²) in [7, 11) is 3.37. The molecule has 0 aliphatic carbocycles. The van der Waals surface area contributed by atoms with Gasteiger partial charge in [0.2, 0.25) is 0 Å². The second kappa shape index (κ2) is 7.48. The molecule has 0 unspecified atom stereocenters. The Kier molecular flexibility index (Phi) is 4.52. The highest BCUT2D eigenvalue weighted by atomic mass is 16.5. The lowest BCUT2D eigenvalue weighted by Crippen LogP contribution is -1.95. The summed E-state index contributed by atoms with van der Waals surface area (Å²) in [5.41, 5.74) is 4.51. The van der Waals surface area contributed by atoms with Gasteiger partial charge in [-0.1, -0.05) is 12.1 Å². The molecule has 0 saturated heterocycles. The van der Waals surface area contributed by atoms with Gasteiger partial charge in [-0.2, -0.15) is 0 Å². The summed E-state index contributed by atoms with van der Waals surface area (Å²) in [6, 6.07) is 20.9. The van der Waals surface area contributed by atoms with E-state index in [-0.39, 0.29) is 0 Å². The standard InChI is InChI=1S/C26H20N2O2/c1-29-25-21-5-3-19(17-7-11-27-12-8-17)15-23(21)24-16-20(18-9-13-28-14-10-18)4-6-22(24)26(25)30-2/h3-16H,1-2H3. The molecule has 0 spiro atoms. The number of aromatic nitrogens is 2. The molecule has 0 bridgehead atoms. The average Bonchev–Trinajstić information content (AvgIpc) is 2.83. The number of pyridine rings is 2. The second-order valence-electron chi connectivity index (χ2n) is 7.06. The minimum absolute atomic E-state index is 0.748. The van der Waals surface area contributed by atoms with Crippen molar-refractivity contribution < 1.29 is 9.47 Å². The first-order valence-corrected chi connectivity index (χ1v) is 9.72. The first-order chi connectivity index (χ1) is 14.8. The van der Waals surface area contributed by atoms with Gasteiger partial charge < -0.3 is 9.47 Å². The highest BCUT2D eigenvalue weighted by Gasteiger charge is 2.17. The monoisotopic (exact) mass is 392 g/mol. The molecule has 0 fully saturated rings. The van der Waals surface area contributed by atoms with Gasteiger partial charge in [0, 0.05) is 35.6 Å². The molecular weight excluding hydrogens is 372 g/mol. The molecule has 3 aromatic carbocycles. The Balaban J connectivity index is 1.86. The Bertz CT molecular complexity index is 1240. The smallest absolute Gasteiger partial charge is 0.169 e. The van der Waals surface area contributed by atoms with Crippen LogP contribution in [0.25, 0.3) is 43.8 Å². The predicted octanol–water partition coefficient (Wildman–Crippen LogP) is 6.13. The van der Waals surface area contributed by atoms with Crippen LogP contribution in [0.3, 0.4) is 0 Å². The van der Waals surface area contributed by atoms with Crippen molar-refractivity contribution in [2.75, 3.05) is 14.2 Å².